The maximum absolute atomic E-state index is 5.40. The lowest BCUT2D eigenvalue weighted by Gasteiger charge is -2.29. The van der Waals surface area contributed by atoms with Crippen LogP contribution in [-0.2, 0) is 6.42 Å². The van der Waals surface area contributed by atoms with E-state index in [4.69, 9.17) is 9.41 Å². The molecule has 1 aromatic rings. The number of likely N-dealkylation sites (tertiary alicyclic amines) is 2. The molecule has 2 fully saturated rings. The fraction of sp³-hybridized carbons (Fsp3) is 0.650. The van der Waals surface area contributed by atoms with Crippen molar-refractivity contribution in [3.05, 3.63) is 36.8 Å². The Hall–Kier alpha value is -1.02. The first-order valence-corrected chi connectivity index (χ1v) is 9.74. The van der Waals surface area contributed by atoms with Crippen LogP contribution in [0.1, 0.15) is 31.4 Å². The third-order valence-corrected chi connectivity index (χ3v) is 5.15. The van der Waals surface area contributed by atoms with Gasteiger partial charge in [0.1, 0.15) is 5.76 Å². The van der Waals surface area contributed by atoms with Crippen LogP contribution >= 0.6 is 24.0 Å². The van der Waals surface area contributed by atoms with E-state index >= 15 is 0 Å². The molecule has 0 aromatic carbocycles. The number of furan rings is 1. The monoisotopic (exact) mass is 472 g/mol. The Labute approximate surface area is 174 Å². The average molecular weight is 472 g/mol. The Balaban J connectivity index is 0.00000243. The number of aliphatic imine (C=N–C) groups is 1. The zero-order valence-electron chi connectivity index (χ0n) is 15.7. The standard InChI is InChI=1S/C20H32N4O.HI/c1-2-10-21-20(22-11-8-19-7-6-15-25-19)24-14-9-18(17-24)16-23-12-4-3-5-13-23;/h2,6-7,15,18H,1,3-5,8-14,16-17H2,(H,21,22);1H. The van der Waals surface area contributed by atoms with Gasteiger partial charge in [0.25, 0.3) is 0 Å². The number of nitrogens with one attached hydrogen (secondary N) is 1. The first kappa shape index (κ1) is 21.3. The highest BCUT2D eigenvalue weighted by Gasteiger charge is 2.26. The third-order valence-electron chi connectivity index (χ3n) is 5.15. The van der Waals surface area contributed by atoms with Crippen LogP contribution in [-0.4, -0.2) is 61.6 Å². The molecule has 1 unspecified atom stereocenters. The van der Waals surface area contributed by atoms with Crippen molar-refractivity contribution >= 4 is 29.9 Å². The van der Waals surface area contributed by atoms with E-state index in [-0.39, 0.29) is 24.0 Å². The minimum atomic E-state index is 0. The van der Waals surface area contributed by atoms with E-state index in [1.807, 2.05) is 18.2 Å². The van der Waals surface area contributed by atoms with Crippen molar-refractivity contribution in [3.8, 4) is 0 Å². The second-order valence-corrected chi connectivity index (χ2v) is 7.17. The highest BCUT2D eigenvalue weighted by atomic mass is 127. The van der Waals surface area contributed by atoms with Crippen LogP contribution in [0.5, 0.6) is 0 Å². The van der Waals surface area contributed by atoms with E-state index in [0.717, 1.165) is 50.2 Å². The number of hydrogen-bond donors (Lipinski definition) is 1. The zero-order valence-corrected chi connectivity index (χ0v) is 18.1. The van der Waals surface area contributed by atoms with Crippen LogP contribution in [0.25, 0.3) is 0 Å². The maximum atomic E-state index is 5.40. The lowest BCUT2D eigenvalue weighted by molar-refractivity contribution is 0.198. The molecule has 3 rings (SSSR count). The van der Waals surface area contributed by atoms with Crippen molar-refractivity contribution in [3.63, 3.8) is 0 Å². The fourth-order valence-electron chi connectivity index (χ4n) is 3.84. The topological polar surface area (TPSA) is 44.0 Å². The summed E-state index contributed by atoms with van der Waals surface area (Å²) in [6, 6.07) is 3.94. The van der Waals surface area contributed by atoms with Crippen molar-refractivity contribution in [1.29, 1.82) is 0 Å². The SMILES string of the molecule is C=CCNC(=NCCc1ccco1)N1CCC(CN2CCCCC2)C1.I. The molecular weight excluding hydrogens is 439 g/mol. The number of piperidine rings is 1. The van der Waals surface area contributed by atoms with Crippen LogP contribution in [0.4, 0.5) is 0 Å². The fourth-order valence-corrected chi connectivity index (χ4v) is 3.84. The molecule has 0 amide bonds. The molecule has 0 saturated carbocycles. The largest absolute Gasteiger partial charge is 0.469 e. The molecule has 26 heavy (non-hydrogen) atoms. The second kappa shape index (κ2) is 11.6. The zero-order chi connectivity index (χ0) is 17.3. The van der Waals surface area contributed by atoms with Crippen LogP contribution < -0.4 is 5.32 Å². The normalized spacial score (nSPS) is 21.5. The third kappa shape index (κ3) is 6.61. The van der Waals surface area contributed by atoms with Crippen molar-refractivity contribution in [2.75, 3.05) is 45.8 Å². The van der Waals surface area contributed by atoms with Crippen LogP contribution in [0.15, 0.2) is 40.5 Å². The molecule has 0 radical (unpaired) electrons. The first-order valence-electron chi connectivity index (χ1n) is 9.74. The Bertz CT molecular complexity index is 540. The maximum Gasteiger partial charge on any atom is 0.194 e. The molecule has 5 nitrogen and oxygen atoms in total. The average Bonchev–Trinajstić information content (AvgIpc) is 3.31. The molecular formula is C20H33IN4O. The van der Waals surface area contributed by atoms with Gasteiger partial charge in [0, 0.05) is 39.1 Å². The van der Waals surface area contributed by atoms with E-state index in [0.29, 0.717) is 0 Å². The second-order valence-electron chi connectivity index (χ2n) is 7.17. The summed E-state index contributed by atoms with van der Waals surface area (Å²) in [5, 5.41) is 3.43. The molecule has 0 bridgehead atoms. The van der Waals surface area contributed by atoms with Crippen molar-refractivity contribution in [1.82, 2.24) is 15.1 Å². The van der Waals surface area contributed by atoms with Gasteiger partial charge >= 0.3 is 0 Å². The van der Waals surface area contributed by atoms with Crippen LogP contribution in [0.2, 0.25) is 0 Å². The minimum absolute atomic E-state index is 0. The summed E-state index contributed by atoms with van der Waals surface area (Å²) in [4.78, 5) is 9.88. The van der Waals surface area contributed by atoms with Crippen molar-refractivity contribution in [2.45, 2.75) is 32.1 Å². The van der Waals surface area contributed by atoms with Crippen LogP contribution in [0.3, 0.4) is 0 Å². The first-order chi connectivity index (χ1) is 12.3. The molecule has 1 aromatic heterocycles. The summed E-state index contributed by atoms with van der Waals surface area (Å²) in [6.07, 6.45) is 9.88. The molecule has 0 spiro atoms. The Morgan fingerprint density at radius 2 is 2.15 bits per heavy atom. The molecule has 2 aliphatic rings. The summed E-state index contributed by atoms with van der Waals surface area (Å²) < 4.78 is 5.40. The van der Waals surface area contributed by atoms with Gasteiger partial charge in [-0.2, -0.15) is 0 Å². The molecule has 0 aliphatic carbocycles. The quantitative estimate of drug-likeness (QED) is 0.286. The van der Waals surface area contributed by atoms with Gasteiger partial charge in [-0.25, -0.2) is 0 Å². The number of guanidine groups is 1. The number of halogens is 1. The number of rotatable bonds is 7. The van der Waals surface area contributed by atoms with Gasteiger partial charge in [-0.3, -0.25) is 4.99 Å². The summed E-state index contributed by atoms with van der Waals surface area (Å²) in [5.41, 5.74) is 0. The molecule has 3 heterocycles. The van der Waals surface area contributed by atoms with Gasteiger partial charge < -0.3 is 19.5 Å². The number of hydrogen-bond acceptors (Lipinski definition) is 3. The highest BCUT2D eigenvalue weighted by molar-refractivity contribution is 14.0. The van der Waals surface area contributed by atoms with E-state index in [9.17, 15) is 0 Å². The lowest BCUT2D eigenvalue weighted by Crippen LogP contribution is -2.41. The van der Waals surface area contributed by atoms with Gasteiger partial charge in [-0.05, 0) is 50.4 Å². The molecule has 2 saturated heterocycles. The van der Waals surface area contributed by atoms with Gasteiger partial charge in [-0.15, -0.1) is 30.6 Å². The summed E-state index contributed by atoms with van der Waals surface area (Å²) in [6.45, 7) is 11.4. The molecule has 6 heteroatoms. The Morgan fingerprint density at radius 1 is 1.31 bits per heavy atom. The number of nitrogens with zero attached hydrogens (tertiary/aromatic N) is 3. The van der Waals surface area contributed by atoms with Gasteiger partial charge in [0.05, 0.1) is 6.26 Å². The molecule has 146 valence electrons. The van der Waals surface area contributed by atoms with E-state index in [1.165, 1.54) is 45.3 Å². The predicted molar refractivity (Wildman–Crippen MR) is 118 cm³/mol. The highest BCUT2D eigenvalue weighted by Crippen LogP contribution is 2.20. The van der Waals surface area contributed by atoms with Gasteiger partial charge in [0.2, 0.25) is 0 Å². The molecule has 1 atom stereocenters. The Morgan fingerprint density at radius 3 is 2.88 bits per heavy atom. The van der Waals surface area contributed by atoms with Gasteiger partial charge in [0.15, 0.2) is 5.96 Å². The lowest BCUT2D eigenvalue weighted by atomic mass is 10.1. The van der Waals surface area contributed by atoms with E-state index < -0.39 is 0 Å². The summed E-state index contributed by atoms with van der Waals surface area (Å²) in [5.74, 6) is 2.78. The molecule has 2 aliphatic heterocycles. The van der Waals surface area contributed by atoms with E-state index in [2.05, 4.69) is 21.7 Å². The van der Waals surface area contributed by atoms with Crippen molar-refractivity contribution in [2.24, 2.45) is 10.9 Å². The van der Waals surface area contributed by atoms with E-state index in [1.54, 1.807) is 6.26 Å². The van der Waals surface area contributed by atoms with Gasteiger partial charge in [-0.1, -0.05) is 12.5 Å². The molecule has 1 N–H and O–H groups in total. The summed E-state index contributed by atoms with van der Waals surface area (Å²) >= 11 is 0. The Kier molecular flexibility index (Phi) is 9.53. The summed E-state index contributed by atoms with van der Waals surface area (Å²) in [7, 11) is 0. The van der Waals surface area contributed by atoms with Crippen LogP contribution in [0, 0.1) is 5.92 Å². The smallest absolute Gasteiger partial charge is 0.194 e. The van der Waals surface area contributed by atoms with Crippen molar-refractivity contribution < 1.29 is 4.42 Å². The minimum Gasteiger partial charge on any atom is -0.469 e. The predicted octanol–water partition coefficient (Wildman–Crippen LogP) is 3.38.